The number of hydrogen-bond acceptors (Lipinski definition) is 2. The molecule has 3 rings (SSSR count). The highest BCUT2D eigenvalue weighted by Gasteiger charge is 2.37. The van der Waals surface area contributed by atoms with Gasteiger partial charge < -0.3 is 9.80 Å². The van der Waals surface area contributed by atoms with Gasteiger partial charge in [0.05, 0.1) is 0 Å². The molecule has 0 aliphatic carbocycles. The highest BCUT2D eigenvalue weighted by atomic mass is 35.5. The molecule has 0 radical (unpaired) electrons. The SMILES string of the molecule is O=C1C2CCCCN2C(=O)CCN1Cc1ccc(Cl)cc1. The van der Waals surface area contributed by atoms with Crippen molar-refractivity contribution in [3.63, 3.8) is 0 Å². The van der Waals surface area contributed by atoms with Gasteiger partial charge in [-0.25, -0.2) is 0 Å². The van der Waals surface area contributed by atoms with Gasteiger partial charge in [-0.1, -0.05) is 23.7 Å². The minimum atomic E-state index is -0.249. The van der Waals surface area contributed by atoms with Gasteiger partial charge in [-0.15, -0.1) is 0 Å². The lowest BCUT2D eigenvalue weighted by molar-refractivity contribution is -0.143. The summed E-state index contributed by atoms with van der Waals surface area (Å²) in [6.45, 7) is 1.78. The van der Waals surface area contributed by atoms with Crippen LogP contribution in [0.15, 0.2) is 24.3 Å². The van der Waals surface area contributed by atoms with Gasteiger partial charge in [-0.05, 0) is 37.0 Å². The average Bonchev–Trinajstić information content (AvgIpc) is 2.62. The number of amides is 2. The second-order valence-electron chi connectivity index (χ2n) is 5.73. The summed E-state index contributed by atoms with van der Waals surface area (Å²) < 4.78 is 0. The molecule has 2 aliphatic rings. The van der Waals surface area contributed by atoms with E-state index in [0.29, 0.717) is 24.5 Å². The third-order valence-electron chi connectivity index (χ3n) is 4.30. The lowest BCUT2D eigenvalue weighted by Crippen LogP contribution is -2.49. The lowest BCUT2D eigenvalue weighted by Gasteiger charge is -2.34. The highest BCUT2D eigenvalue weighted by Crippen LogP contribution is 2.24. The van der Waals surface area contributed by atoms with E-state index < -0.39 is 0 Å². The van der Waals surface area contributed by atoms with E-state index in [1.807, 2.05) is 29.2 Å². The Kier molecular flexibility index (Phi) is 4.15. The first-order valence-electron chi connectivity index (χ1n) is 7.48. The zero-order valence-electron chi connectivity index (χ0n) is 11.9. The summed E-state index contributed by atoms with van der Waals surface area (Å²) in [5.74, 6) is 0.210. The molecule has 2 amide bonds. The molecule has 1 aromatic carbocycles. The van der Waals surface area contributed by atoms with Gasteiger partial charge in [0, 0.05) is 31.1 Å². The minimum Gasteiger partial charge on any atom is -0.336 e. The average molecular weight is 307 g/mol. The summed E-state index contributed by atoms with van der Waals surface area (Å²) in [7, 11) is 0. The quantitative estimate of drug-likeness (QED) is 0.842. The minimum absolute atomic E-state index is 0.0931. The maximum absolute atomic E-state index is 12.7. The predicted molar refractivity (Wildman–Crippen MR) is 80.8 cm³/mol. The van der Waals surface area contributed by atoms with Crippen molar-refractivity contribution in [2.24, 2.45) is 0 Å². The Bertz CT molecular complexity index is 544. The van der Waals surface area contributed by atoms with E-state index in [1.54, 1.807) is 4.90 Å². The van der Waals surface area contributed by atoms with Crippen LogP contribution in [0.3, 0.4) is 0 Å². The maximum Gasteiger partial charge on any atom is 0.245 e. The van der Waals surface area contributed by atoms with Crippen molar-refractivity contribution >= 4 is 23.4 Å². The fourth-order valence-corrected chi connectivity index (χ4v) is 3.28. The molecule has 0 spiro atoms. The number of halogens is 1. The molecule has 0 saturated carbocycles. The molecule has 1 unspecified atom stereocenters. The first-order valence-corrected chi connectivity index (χ1v) is 7.85. The van der Waals surface area contributed by atoms with Crippen LogP contribution >= 0.6 is 11.6 Å². The third-order valence-corrected chi connectivity index (χ3v) is 4.55. The molecule has 2 fully saturated rings. The summed E-state index contributed by atoms with van der Waals surface area (Å²) in [6.07, 6.45) is 3.25. The number of carbonyl (C=O) groups excluding carboxylic acids is 2. The van der Waals surface area contributed by atoms with Gasteiger partial charge in [0.25, 0.3) is 0 Å². The molecule has 1 atom stereocenters. The Hall–Kier alpha value is -1.55. The molecule has 0 bridgehead atoms. The van der Waals surface area contributed by atoms with Crippen molar-refractivity contribution < 1.29 is 9.59 Å². The van der Waals surface area contributed by atoms with E-state index in [0.717, 1.165) is 31.4 Å². The highest BCUT2D eigenvalue weighted by molar-refractivity contribution is 6.30. The van der Waals surface area contributed by atoms with Crippen molar-refractivity contribution in [2.75, 3.05) is 13.1 Å². The van der Waals surface area contributed by atoms with Crippen LogP contribution < -0.4 is 0 Å². The topological polar surface area (TPSA) is 40.6 Å². The molecule has 2 saturated heterocycles. The van der Waals surface area contributed by atoms with E-state index in [9.17, 15) is 9.59 Å². The van der Waals surface area contributed by atoms with Crippen molar-refractivity contribution in [1.82, 2.24) is 9.80 Å². The Morgan fingerprint density at radius 1 is 1.10 bits per heavy atom. The first-order chi connectivity index (χ1) is 10.1. The predicted octanol–water partition coefficient (Wildman–Crippen LogP) is 2.45. The number of nitrogens with zero attached hydrogens (tertiary/aromatic N) is 2. The second-order valence-corrected chi connectivity index (χ2v) is 6.17. The third kappa shape index (κ3) is 3.05. The van der Waals surface area contributed by atoms with Gasteiger partial charge in [-0.3, -0.25) is 9.59 Å². The van der Waals surface area contributed by atoms with E-state index in [-0.39, 0.29) is 17.9 Å². The fraction of sp³-hybridized carbons (Fsp3) is 0.500. The van der Waals surface area contributed by atoms with Crippen molar-refractivity contribution in [3.8, 4) is 0 Å². The van der Waals surface area contributed by atoms with Crippen LogP contribution in [0.2, 0.25) is 5.02 Å². The molecule has 1 aromatic rings. The van der Waals surface area contributed by atoms with Crippen LogP contribution in [-0.4, -0.2) is 40.7 Å². The lowest BCUT2D eigenvalue weighted by atomic mass is 10.0. The first kappa shape index (κ1) is 14.4. The number of hydrogen-bond donors (Lipinski definition) is 0. The van der Waals surface area contributed by atoms with E-state index in [1.165, 1.54) is 0 Å². The smallest absolute Gasteiger partial charge is 0.245 e. The number of benzene rings is 1. The molecule has 5 heteroatoms. The van der Waals surface area contributed by atoms with Gasteiger partial charge in [-0.2, -0.15) is 0 Å². The van der Waals surface area contributed by atoms with Gasteiger partial charge in [0.2, 0.25) is 11.8 Å². The molecule has 4 nitrogen and oxygen atoms in total. The fourth-order valence-electron chi connectivity index (χ4n) is 3.15. The number of carbonyl (C=O) groups is 2. The summed E-state index contributed by atoms with van der Waals surface area (Å²) in [4.78, 5) is 28.5. The number of rotatable bonds is 2. The Morgan fingerprint density at radius 3 is 2.62 bits per heavy atom. The van der Waals surface area contributed by atoms with Crippen molar-refractivity contribution in [1.29, 1.82) is 0 Å². The van der Waals surface area contributed by atoms with Gasteiger partial charge in [0.15, 0.2) is 0 Å². The van der Waals surface area contributed by atoms with Crippen molar-refractivity contribution in [2.45, 2.75) is 38.3 Å². The molecular weight excluding hydrogens is 288 g/mol. The monoisotopic (exact) mass is 306 g/mol. The Balaban J connectivity index is 1.77. The Labute approximate surface area is 129 Å². The van der Waals surface area contributed by atoms with Crippen LogP contribution in [0.25, 0.3) is 0 Å². The molecule has 2 heterocycles. The largest absolute Gasteiger partial charge is 0.336 e. The standard InChI is InChI=1S/C16H19ClN2O2/c17-13-6-4-12(5-7-13)11-18-10-8-15(20)19-9-2-1-3-14(19)16(18)21/h4-7,14H,1-3,8-11H2. The van der Waals surface area contributed by atoms with Gasteiger partial charge >= 0.3 is 0 Å². The van der Waals surface area contributed by atoms with Crippen LogP contribution in [0.5, 0.6) is 0 Å². The maximum atomic E-state index is 12.7. The summed E-state index contributed by atoms with van der Waals surface area (Å²) >= 11 is 5.89. The normalized spacial score (nSPS) is 23.0. The molecule has 0 aromatic heterocycles. The van der Waals surface area contributed by atoms with Gasteiger partial charge in [0.1, 0.15) is 6.04 Å². The molecule has 21 heavy (non-hydrogen) atoms. The van der Waals surface area contributed by atoms with E-state index >= 15 is 0 Å². The van der Waals surface area contributed by atoms with Crippen LogP contribution in [0.4, 0.5) is 0 Å². The van der Waals surface area contributed by atoms with Crippen molar-refractivity contribution in [3.05, 3.63) is 34.9 Å². The van der Waals surface area contributed by atoms with Crippen LogP contribution in [0, 0.1) is 0 Å². The number of fused-ring (bicyclic) bond motifs is 1. The Morgan fingerprint density at radius 2 is 1.86 bits per heavy atom. The molecular formula is C16H19ClN2O2. The summed E-state index contributed by atoms with van der Waals surface area (Å²) in [5.41, 5.74) is 1.05. The van der Waals surface area contributed by atoms with E-state index in [4.69, 9.17) is 11.6 Å². The molecule has 2 aliphatic heterocycles. The molecule has 112 valence electrons. The number of piperidine rings is 1. The molecule has 0 N–H and O–H groups in total. The van der Waals surface area contributed by atoms with E-state index in [2.05, 4.69) is 0 Å². The van der Waals surface area contributed by atoms with Crippen LogP contribution in [0.1, 0.15) is 31.2 Å². The summed E-state index contributed by atoms with van der Waals surface area (Å²) in [6, 6.07) is 7.28. The second kappa shape index (κ2) is 6.06. The zero-order valence-corrected chi connectivity index (χ0v) is 12.7. The van der Waals surface area contributed by atoms with Crippen LogP contribution in [-0.2, 0) is 16.1 Å². The zero-order chi connectivity index (χ0) is 14.8. The summed E-state index contributed by atoms with van der Waals surface area (Å²) in [5, 5.41) is 0.689.